The molecule has 16 heteroatoms. The number of rotatable bonds is 13. The molecule has 0 spiro atoms. The number of ether oxygens (including phenoxy) is 3. The van der Waals surface area contributed by atoms with Crippen LogP contribution in [-0.2, 0) is 32.9 Å². The fourth-order valence-corrected chi connectivity index (χ4v) is 5.39. The molecular weight excluding hydrogens is 540 g/mol. The van der Waals surface area contributed by atoms with E-state index in [-0.39, 0.29) is 5.82 Å². The smallest absolute Gasteiger partial charge is 0.351 e. The number of hydrogen-bond donors (Lipinski definition) is 4. The van der Waals surface area contributed by atoms with Crippen LogP contribution in [0.1, 0.15) is 47.8 Å². The van der Waals surface area contributed by atoms with Gasteiger partial charge >= 0.3 is 25.3 Å². The SMILES string of the molecule is C=C[C@]1(COP(=O)(N[C@@H](C)C(=O)OC(C)C)N[C@@H](C)C(=O)OC(C)C)O[C@@H](n2ccc(N)nc2=O)[C@H](O)[C@@H]1F. The lowest BCUT2D eigenvalue weighted by Gasteiger charge is -2.31. The van der Waals surface area contributed by atoms with Crippen molar-refractivity contribution in [2.45, 2.75) is 89.9 Å². The number of nitrogens with zero attached hydrogens (tertiary/aromatic N) is 2. The lowest BCUT2D eigenvalue weighted by molar-refractivity contribution is -0.149. The first-order valence-corrected chi connectivity index (χ1v) is 13.9. The summed E-state index contributed by atoms with van der Waals surface area (Å²) in [4.78, 5) is 40.5. The number of esters is 2. The molecule has 1 saturated heterocycles. The zero-order valence-electron chi connectivity index (χ0n) is 22.7. The van der Waals surface area contributed by atoms with Crippen LogP contribution in [0.25, 0.3) is 0 Å². The van der Waals surface area contributed by atoms with E-state index in [1.54, 1.807) is 27.7 Å². The molecule has 14 nitrogen and oxygen atoms in total. The van der Waals surface area contributed by atoms with Gasteiger partial charge in [0.25, 0.3) is 0 Å². The predicted molar refractivity (Wildman–Crippen MR) is 138 cm³/mol. The Morgan fingerprint density at radius 1 is 1.23 bits per heavy atom. The number of carbonyl (C=O) groups excluding carboxylic acids is 2. The van der Waals surface area contributed by atoms with Gasteiger partial charge in [-0.25, -0.2) is 19.4 Å². The number of nitrogens with two attached hydrogens (primary N) is 1. The summed E-state index contributed by atoms with van der Waals surface area (Å²) in [6, 6.07) is -1.13. The highest BCUT2D eigenvalue weighted by Crippen LogP contribution is 2.45. The van der Waals surface area contributed by atoms with E-state index >= 15 is 4.39 Å². The van der Waals surface area contributed by atoms with E-state index in [0.29, 0.717) is 0 Å². The maximum atomic E-state index is 15.5. The van der Waals surface area contributed by atoms with Gasteiger partial charge in [0.2, 0.25) is 0 Å². The summed E-state index contributed by atoms with van der Waals surface area (Å²) in [6.07, 6.45) is -4.41. The van der Waals surface area contributed by atoms with E-state index in [2.05, 4.69) is 21.7 Å². The van der Waals surface area contributed by atoms with Crippen molar-refractivity contribution in [3.8, 4) is 0 Å². The summed E-state index contributed by atoms with van der Waals surface area (Å²) in [7, 11) is -4.36. The molecule has 2 rings (SSSR count). The van der Waals surface area contributed by atoms with Crippen LogP contribution in [0.4, 0.5) is 10.2 Å². The first-order chi connectivity index (χ1) is 18.0. The van der Waals surface area contributed by atoms with Gasteiger partial charge in [-0.05, 0) is 47.6 Å². The van der Waals surface area contributed by atoms with Crippen molar-refractivity contribution >= 4 is 25.4 Å². The monoisotopic (exact) mass is 577 g/mol. The standard InChI is InChI=1S/C23H37FN5O9P/c1-8-23(18(24)17(30)19(38-23)29-10-9-16(25)26-22(29)33)11-35-39(34,27-14(6)20(31)36-12(2)3)28-15(7)21(32)37-13(4)5/h8-10,12-15,17-19,30H,1,11H2,2-7H3,(H2,25,26,33)(H2,27,28,34)/t14-,15-,17+,18-,19+,23+/m0/s1. The zero-order chi connectivity index (χ0) is 29.7. The van der Waals surface area contributed by atoms with Crippen molar-refractivity contribution in [1.82, 2.24) is 19.7 Å². The van der Waals surface area contributed by atoms with Crippen molar-refractivity contribution in [3.63, 3.8) is 0 Å². The third kappa shape index (κ3) is 8.16. The van der Waals surface area contributed by atoms with Crippen LogP contribution in [0.15, 0.2) is 29.7 Å². The lowest BCUT2D eigenvalue weighted by atomic mass is 9.98. The Bertz CT molecular complexity index is 1120. The molecule has 1 fully saturated rings. The van der Waals surface area contributed by atoms with E-state index in [4.69, 9.17) is 24.5 Å². The molecule has 1 aliphatic rings. The normalized spacial score (nSPS) is 24.9. The van der Waals surface area contributed by atoms with Crippen molar-refractivity contribution in [2.24, 2.45) is 0 Å². The second-order valence-electron chi connectivity index (χ2n) is 9.60. The lowest BCUT2D eigenvalue weighted by Crippen LogP contribution is -2.46. The molecule has 0 saturated carbocycles. The molecule has 1 aromatic heterocycles. The molecule has 39 heavy (non-hydrogen) atoms. The minimum Gasteiger partial charge on any atom is -0.462 e. The Morgan fingerprint density at radius 3 is 2.18 bits per heavy atom. The minimum absolute atomic E-state index is 0.0906. The number of carbonyl (C=O) groups is 2. The van der Waals surface area contributed by atoms with Gasteiger partial charge < -0.3 is 29.6 Å². The fraction of sp³-hybridized carbons (Fsp3) is 0.652. The summed E-state index contributed by atoms with van der Waals surface area (Å²) in [6.45, 7) is 11.9. The Kier molecular flexibility index (Phi) is 10.9. The average Bonchev–Trinajstić information content (AvgIpc) is 3.07. The van der Waals surface area contributed by atoms with Crippen LogP contribution in [0.5, 0.6) is 0 Å². The molecule has 0 unspecified atom stereocenters. The minimum atomic E-state index is -4.36. The molecular formula is C23H37FN5O9P. The average molecular weight is 578 g/mol. The fourth-order valence-electron chi connectivity index (χ4n) is 3.55. The second-order valence-corrected chi connectivity index (χ2v) is 11.5. The quantitative estimate of drug-likeness (QED) is 0.147. The number of aromatic nitrogens is 2. The number of nitrogens with one attached hydrogen (secondary N) is 2. The summed E-state index contributed by atoms with van der Waals surface area (Å²) in [5.41, 5.74) is 2.48. The van der Waals surface area contributed by atoms with Gasteiger partial charge in [-0.3, -0.25) is 18.7 Å². The number of aliphatic hydroxyl groups is 1. The van der Waals surface area contributed by atoms with Crippen LogP contribution in [0.3, 0.4) is 0 Å². The number of anilines is 1. The maximum Gasteiger partial charge on any atom is 0.351 e. The Labute approximate surface area is 225 Å². The van der Waals surface area contributed by atoms with Crippen LogP contribution in [-0.4, -0.2) is 75.4 Å². The molecule has 0 radical (unpaired) electrons. The molecule has 220 valence electrons. The van der Waals surface area contributed by atoms with Crippen molar-refractivity contribution < 1.29 is 42.4 Å². The molecule has 6 atom stereocenters. The number of nitrogen functional groups attached to an aromatic ring is 1. The summed E-state index contributed by atoms with van der Waals surface area (Å²) >= 11 is 0. The molecule has 0 bridgehead atoms. The number of halogens is 1. The van der Waals surface area contributed by atoms with Gasteiger partial charge in [0.1, 0.15) is 29.6 Å². The molecule has 5 N–H and O–H groups in total. The number of hydrogen-bond acceptors (Lipinski definition) is 11. The van der Waals surface area contributed by atoms with E-state index in [9.17, 15) is 24.1 Å². The topological polar surface area (TPSA) is 193 Å². The maximum absolute atomic E-state index is 15.5. The molecule has 0 aromatic carbocycles. The Balaban J connectivity index is 2.33. The van der Waals surface area contributed by atoms with Crippen LogP contribution >= 0.6 is 7.67 Å². The highest BCUT2D eigenvalue weighted by Gasteiger charge is 2.56. The predicted octanol–water partition coefficient (Wildman–Crippen LogP) is 0.962. The number of alkyl halides is 1. The van der Waals surface area contributed by atoms with Gasteiger partial charge in [-0.2, -0.15) is 4.98 Å². The highest BCUT2D eigenvalue weighted by molar-refractivity contribution is 7.54. The van der Waals surface area contributed by atoms with Gasteiger partial charge in [0.05, 0.1) is 18.8 Å². The summed E-state index contributed by atoms with van der Waals surface area (Å²) in [5, 5.41) is 15.5. The third-order valence-corrected chi connectivity index (χ3v) is 7.43. The van der Waals surface area contributed by atoms with E-state index in [0.717, 1.165) is 10.6 Å². The Hall–Kier alpha value is -2.68. The van der Waals surface area contributed by atoms with Gasteiger partial charge in [0, 0.05) is 6.20 Å². The summed E-state index contributed by atoms with van der Waals surface area (Å²) in [5.74, 6) is -1.62. The van der Waals surface area contributed by atoms with Gasteiger partial charge in [-0.15, -0.1) is 6.58 Å². The van der Waals surface area contributed by atoms with Crippen molar-refractivity contribution in [1.29, 1.82) is 0 Å². The van der Waals surface area contributed by atoms with Crippen molar-refractivity contribution in [2.75, 3.05) is 12.3 Å². The summed E-state index contributed by atoms with van der Waals surface area (Å²) < 4.78 is 51.6. The van der Waals surface area contributed by atoms with Crippen LogP contribution in [0, 0.1) is 0 Å². The Morgan fingerprint density at radius 2 is 1.74 bits per heavy atom. The first kappa shape index (κ1) is 32.5. The van der Waals surface area contributed by atoms with Crippen molar-refractivity contribution in [3.05, 3.63) is 35.4 Å². The van der Waals surface area contributed by atoms with Crippen LogP contribution < -0.4 is 21.6 Å². The molecule has 1 aliphatic heterocycles. The largest absolute Gasteiger partial charge is 0.462 e. The first-order valence-electron chi connectivity index (χ1n) is 12.2. The van der Waals surface area contributed by atoms with E-state index < -0.39 is 80.3 Å². The highest BCUT2D eigenvalue weighted by atomic mass is 31.2. The third-order valence-electron chi connectivity index (χ3n) is 5.48. The molecule has 0 aliphatic carbocycles. The molecule has 2 heterocycles. The zero-order valence-corrected chi connectivity index (χ0v) is 23.6. The second kappa shape index (κ2) is 13.1. The molecule has 1 aromatic rings. The van der Waals surface area contributed by atoms with Gasteiger partial charge in [0.15, 0.2) is 12.4 Å². The van der Waals surface area contributed by atoms with E-state index in [1.807, 2.05) is 0 Å². The molecule has 0 amide bonds. The van der Waals surface area contributed by atoms with Crippen LogP contribution in [0.2, 0.25) is 0 Å². The number of aliphatic hydroxyl groups excluding tert-OH is 1. The van der Waals surface area contributed by atoms with Gasteiger partial charge in [-0.1, -0.05) is 6.08 Å². The van der Waals surface area contributed by atoms with E-state index in [1.165, 1.54) is 26.1 Å².